The molecule has 26 heavy (non-hydrogen) atoms. The van der Waals surface area contributed by atoms with Gasteiger partial charge in [-0.25, -0.2) is 9.07 Å². The van der Waals surface area contributed by atoms with Crippen LogP contribution in [0.5, 0.6) is 0 Å². The molecule has 132 valence electrons. The van der Waals surface area contributed by atoms with Gasteiger partial charge in [0.2, 0.25) is 0 Å². The molecule has 1 aromatic heterocycles. The fourth-order valence-electron chi connectivity index (χ4n) is 2.86. The molecule has 0 saturated carbocycles. The third-order valence-electron chi connectivity index (χ3n) is 4.04. The highest BCUT2D eigenvalue weighted by Gasteiger charge is 2.28. The molecular weight excluding hydrogens is 377 g/mol. The Bertz CT molecular complexity index is 1050. The normalized spacial score (nSPS) is 15.7. The molecule has 1 atom stereocenters. The number of anilines is 1. The van der Waals surface area contributed by atoms with E-state index in [9.17, 15) is 13.4 Å². The van der Waals surface area contributed by atoms with Gasteiger partial charge in [-0.1, -0.05) is 23.7 Å². The van der Waals surface area contributed by atoms with Crippen molar-refractivity contribution in [1.82, 2.24) is 9.78 Å². The molecule has 0 fully saturated rings. The van der Waals surface area contributed by atoms with Gasteiger partial charge >= 0.3 is 0 Å². The van der Waals surface area contributed by atoms with Gasteiger partial charge in [0, 0.05) is 26.9 Å². The zero-order valence-electron chi connectivity index (χ0n) is 13.4. The first-order valence-electron chi connectivity index (χ1n) is 7.80. The third-order valence-corrected chi connectivity index (χ3v) is 5.48. The monoisotopic (exact) mass is 389 g/mol. The van der Waals surface area contributed by atoms with E-state index in [0.717, 1.165) is 11.6 Å². The minimum atomic E-state index is -1.04. The Balaban J connectivity index is 1.77. The van der Waals surface area contributed by atoms with Crippen molar-refractivity contribution in [3.63, 3.8) is 0 Å². The Kier molecular flexibility index (Phi) is 4.34. The Hall–Kier alpha value is -2.51. The number of carbonyl (C=O) groups is 1. The van der Waals surface area contributed by atoms with E-state index in [1.54, 1.807) is 22.9 Å². The molecule has 8 heteroatoms. The second kappa shape index (κ2) is 6.66. The summed E-state index contributed by atoms with van der Waals surface area (Å²) in [6.45, 7) is 0. The van der Waals surface area contributed by atoms with Crippen LogP contribution in [-0.2, 0) is 22.3 Å². The summed E-state index contributed by atoms with van der Waals surface area (Å²) < 4.78 is 26.9. The fourth-order valence-corrected chi connectivity index (χ4v) is 4.31. The highest BCUT2D eigenvalue weighted by molar-refractivity contribution is 7.83. The lowest BCUT2D eigenvalue weighted by molar-refractivity contribution is 0.102. The molecule has 1 aliphatic rings. The van der Waals surface area contributed by atoms with Crippen molar-refractivity contribution in [2.75, 3.05) is 5.32 Å². The van der Waals surface area contributed by atoms with Crippen molar-refractivity contribution >= 4 is 34.1 Å². The van der Waals surface area contributed by atoms with Crippen molar-refractivity contribution in [2.45, 2.75) is 11.5 Å². The molecule has 1 aliphatic heterocycles. The van der Waals surface area contributed by atoms with Crippen LogP contribution in [0.3, 0.4) is 0 Å². The van der Waals surface area contributed by atoms with Crippen LogP contribution in [-0.4, -0.2) is 19.9 Å². The van der Waals surface area contributed by atoms with E-state index in [1.165, 1.54) is 18.2 Å². The van der Waals surface area contributed by atoms with Gasteiger partial charge in [-0.15, -0.1) is 0 Å². The number of nitrogens with zero attached hydrogens (tertiary/aromatic N) is 2. The zero-order valence-corrected chi connectivity index (χ0v) is 15.0. The first kappa shape index (κ1) is 16.9. The topological polar surface area (TPSA) is 64.0 Å². The van der Waals surface area contributed by atoms with Gasteiger partial charge in [-0.05, 0) is 36.4 Å². The van der Waals surface area contributed by atoms with E-state index >= 15 is 0 Å². The summed E-state index contributed by atoms with van der Waals surface area (Å²) in [6, 6.07) is 12.5. The number of aromatic nitrogens is 2. The number of hydrogen-bond acceptors (Lipinski definition) is 3. The van der Waals surface area contributed by atoms with Crippen LogP contribution in [0.25, 0.3) is 5.69 Å². The maximum absolute atomic E-state index is 13.4. The average Bonchev–Trinajstić information content (AvgIpc) is 3.12. The maximum Gasteiger partial charge on any atom is 0.256 e. The molecule has 0 saturated heterocycles. The lowest BCUT2D eigenvalue weighted by atomic mass is 10.2. The van der Waals surface area contributed by atoms with E-state index < -0.39 is 22.5 Å². The summed E-state index contributed by atoms with van der Waals surface area (Å²) >= 11 is 6.06. The number of halogens is 2. The van der Waals surface area contributed by atoms with Crippen LogP contribution in [0.4, 0.5) is 10.2 Å². The summed E-state index contributed by atoms with van der Waals surface area (Å²) in [5, 5.41) is 7.81. The summed E-state index contributed by atoms with van der Waals surface area (Å²) in [5.41, 5.74) is 2.27. The van der Waals surface area contributed by atoms with Gasteiger partial charge in [0.05, 0.1) is 22.9 Å². The van der Waals surface area contributed by atoms with Crippen LogP contribution < -0.4 is 5.32 Å². The zero-order chi connectivity index (χ0) is 18.3. The van der Waals surface area contributed by atoms with Crippen LogP contribution in [0.2, 0.25) is 5.02 Å². The summed E-state index contributed by atoms with van der Waals surface area (Å²) in [4.78, 5) is 12.6. The molecule has 0 aliphatic carbocycles. The number of amides is 1. The first-order chi connectivity index (χ1) is 12.5. The number of hydrogen-bond donors (Lipinski definition) is 1. The van der Waals surface area contributed by atoms with E-state index in [-0.39, 0.29) is 5.56 Å². The minimum Gasteiger partial charge on any atom is -0.306 e. The van der Waals surface area contributed by atoms with Crippen molar-refractivity contribution in [2.24, 2.45) is 0 Å². The van der Waals surface area contributed by atoms with E-state index in [0.29, 0.717) is 33.7 Å². The van der Waals surface area contributed by atoms with Crippen LogP contribution in [0, 0.1) is 5.82 Å². The average molecular weight is 390 g/mol. The maximum atomic E-state index is 13.4. The predicted molar refractivity (Wildman–Crippen MR) is 98.5 cm³/mol. The standard InChI is InChI=1S/C18H13ClFN3O2S/c19-12-4-2-6-14(8-12)23-17(15-9-26(25)10-16(15)22-23)21-18(24)11-3-1-5-13(20)7-11/h1-8H,9-10H2,(H,21,24). The molecule has 2 aromatic carbocycles. The highest BCUT2D eigenvalue weighted by atomic mass is 35.5. The van der Waals surface area contributed by atoms with E-state index in [1.807, 2.05) is 6.07 Å². The SMILES string of the molecule is O=C(Nc1c2c(nn1-c1cccc(Cl)c1)CS(=O)C2)c1cccc(F)c1. The van der Waals surface area contributed by atoms with Crippen LogP contribution in [0.1, 0.15) is 21.6 Å². The number of carbonyl (C=O) groups excluding carboxylic acids is 1. The smallest absolute Gasteiger partial charge is 0.256 e. The molecule has 0 spiro atoms. The predicted octanol–water partition coefficient (Wildman–Crippen LogP) is 3.68. The second-order valence-corrected chi connectivity index (χ2v) is 7.75. The van der Waals surface area contributed by atoms with Crippen LogP contribution >= 0.6 is 11.6 Å². The molecule has 3 aromatic rings. The summed E-state index contributed by atoms with van der Waals surface area (Å²) in [6.07, 6.45) is 0. The van der Waals surface area contributed by atoms with E-state index in [2.05, 4.69) is 10.4 Å². The largest absolute Gasteiger partial charge is 0.306 e. The van der Waals surface area contributed by atoms with Crippen molar-refractivity contribution in [3.8, 4) is 5.69 Å². The molecule has 2 heterocycles. The van der Waals surface area contributed by atoms with Gasteiger partial charge in [-0.2, -0.15) is 5.10 Å². The number of fused-ring (bicyclic) bond motifs is 1. The molecule has 1 amide bonds. The van der Waals surface area contributed by atoms with Crippen molar-refractivity contribution in [1.29, 1.82) is 0 Å². The number of benzene rings is 2. The van der Waals surface area contributed by atoms with Gasteiger partial charge in [0.1, 0.15) is 11.6 Å². The molecule has 1 unspecified atom stereocenters. The molecule has 0 radical (unpaired) electrons. The molecule has 0 bridgehead atoms. The third kappa shape index (κ3) is 3.15. The first-order valence-corrected chi connectivity index (χ1v) is 9.66. The minimum absolute atomic E-state index is 0.191. The van der Waals surface area contributed by atoms with Crippen molar-refractivity contribution in [3.05, 3.63) is 76.2 Å². The molecule has 5 nitrogen and oxygen atoms in total. The molecular formula is C18H13ClFN3O2S. The second-order valence-electron chi connectivity index (χ2n) is 5.86. The van der Waals surface area contributed by atoms with Gasteiger partial charge in [-0.3, -0.25) is 9.00 Å². The Labute approximate surface area is 156 Å². The van der Waals surface area contributed by atoms with Crippen molar-refractivity contribution < 1.29 is 13.4 Å². The van der Waals surface area contributed by atoms with Crippen LogP contribution in [0.15, 0.2) is 48.5 Å². The number of rotatable bonds is 3. The quantitative estimate of drug-likeness (QED) is 0.743. The lowest BCUT2D eigenvalue weighted by Gasteiger charge is -2.11. The fraction of sp³-hybridized carbons (Fsp3) is 0.111. The van der Waals surface area contributed by atoms with E-state index in [4.69, 9.17) is 11.6 Å². The number of nitrogens with one attached hydrogen (secondary N) is 1. The highest BCUT2D eigenvalue weighted by Crippen LogP contribution is 2.32. The molecule has 1 N–H and O–H groups in total. The van der Waals surface area contributed by atoms with Gasteiger partial charge in [0.25, 0.3) is 5.91 Å². The van der Waals surface area contributed by atoms with Gasteiger partial charge in [0.15, 0.2) is 0 Å². The Morgan fingerprint density at radius 3 is 2.77 bits per heavy atom. The lowest BCUT2D eigenvalue weighted by Crippen LogP contribution is -2.16. The Morgan fingerprint density at radius 1 is 1.19 bits per heavy atom. The Morgan fingerprint density at radius 2 is 2.00 bits per heavy atom. The van der Waals surface area contributed by atoms with Gasteiger partial charge < -0.3 is 5.32 Å². The molecule has 4 rings (SSSR count). The summed E-state index contributed by atoms with van der Waals surface area (Å²) in [5.74, 6) is 0.128. The summed E-state index contributed by atoms with van der Waals surface area (Å²) in [7, 11) is -1.04.